The number of rotatable bonds is 2. The van der Waals surface area contributed by atoms with Gasteiger partial charge in [-0.1, -0.05) is 6.07 Å². The van der Waals surface area contributed by atoms with Gasteiger partial charge in [-0.05, 0) is 19.1 Å². The minimum absolute atomic E-state index is 0.0983. The lowest BCUT2D eigenvalue weighted by Gasteiger charge is -2.06. The van der Waals surface area contributed by atoms with E-state index >= 15 is 0 Å². The van der Waals surface area contributed by atoms with Gasteiger partial charge in [0.2, 0.25) is 0 Å². The third-order valence-corrected chi connectivity index (χ3v) is 1.46. The van der Waals surface area contributed by atoms with Crippen molar-refractivity contribution in [2.75, 3.05) is 7.11 Å². The molecule has 1 rings (SSSR count). The Balaban J connectivity index is 2.75. The topological polar surface area (TPSA) is 22.1 Å². The van der Waals surface area contributed by atoms with Gasteiger partial charge in [-0.15, -0.1) is 0 Å². The van der Waals surface area contributed by atoms with Crippen molar-refractivity contribution in [3.63, 3.8) is 0 Å². The quantitative estimate of drug-likeness (QED) is 0.620. The third-order valence-electron chi connectivity index (χ3n) is 1.46. The van der Waals surface area contributed by atoms with Crippen molar-refractivity contribution >= 4 is 0 Å². The Labute approximate surface area is 60.9 Å². The minimum Gasteiger partial charge on any atom is -0.375 e. The van der Waals surface area contributed by atoms with Crippen LogP contribution in [-0.2, 0) is 4.74 Å². The molecule has 10 heavy (non-hydrogen) atoms. The highest BCUT2D eigenvalue weighted by atomic mass is 16.5. The zero-order valence-corrected chi connectivity index (χ0v) is 6.24. The predicted octanol–water partition coefficient (Wildman–Crippen LogP) is 1.79. The van der Waals surface area contributed by atoms with Gasteiger partial charge in [0.15, 0.2) is 0 Å². The van der Waals surface area contributed by atoms with Crippen LogP contribution in [0.4, 0.5) is 0 Å². The standard InChI is InChI=1S/C8H11NO/c1-7(10-2)8-5-3-4-6-9-8/h3-7H,1-2H3/t7-/m1/s1. The monoisotopic (exact) mass is 137 g/mol. The van der Waals surface area contributed by atoms with Crippen molar-refractivity contribution < 1.29 is 4.74 Å². The Bertz CT molecular complexity index is 186. The zero-order valence-electron chi connectivity index (χ0n) is 6.24. The number of hydrogen-bond acceptors (Lipinski definition) is 2. The Hall–Kier alpha value is -0.890. The van der Waals surface area contributed by atoms with Crippen LogP contribution in [0, 0.1) is 0 Å². The van der Waals surface area contributed by atoms with E-state index in [1.165, 1.54) is 0 Å². The van der Waals surface area contributed by atoms with Crippen molar-refractivity contribution in [2.24, 2.45) is 0 Å². The number of pyridine rings is 1. The second kappa shape index (κ2) is 3.32. The molecule has 54 valence electrons. The molecule has 0 aromatic carbocycles. The summed E-state index contributed by atoms with van der Waals surface area (Å²) in [5.74, 6) is 0. The molecule has 1 aromatic rings. The number of methoxy groups -OCH3 is 1. The molecule has 0 saturated heterocycles. The first-order valence-electron chi connectivity index (χ1n) is 3.28. The van der Waals surface area contributed by atoms with E-state index in [2.05, 4.69) is 4.98 Å². The Morgan fingerprint density at radius 2 is 2.30 bits per heavy atom. The maximum Gasteiger partial charge on any atom is 0.0962 e. The average Bonchev–Trinajstić information content (AvgIpc) is 2.05. The van der Waals surface area contributed by atoms with Crippen LogP contribution in [0.15, 0.2) is 24.4 Å². The normalized spacial score (nSPS) is 13.0. The predicted molar refractivity (Wildman–Crippen MR) is 39.7 cm³/mol. The first-order chi connectivity index (χ1) is 4.84. The SMILES string of the molecule is CO[C@H](C)c1ccccn1. The maximum absolute atomic E-state index is 5.07. The van der Waals surface area contributed by atoms with Crippen molar-refractivity contribution in [3.05, 3.63) is 30.1 Å². The molecule has 0 fully saturated rings. The van der Waals surface area contributed by atoms with Crippen LogP contribution in [0.1, 0.15) is 18.7 Å². The molecule has 0 amide bonds. The van der Waals surface area contributed by atoms with Gasteiger partial charge in [-0.2, -0.15) is 0 Å². The van der Waals surface area contributed by atoms with Crippen molar-refractivity contribution in [3.8, 4) is 0 Å². The van der Waals surface area contributed by atoms with E-state index in [0.717, 1.165) is 5.69 Å². The third kappa shape index (κ3) is 1.54. The number of nitrogens with zero attached hydrogens (tertiary/aromatic N) is 1. The van der Waals surface area contributed by atoms with E-state index in [1.807, 2.05) is 25.1 Å². The first-order valence-corrected chi connectivity index (χ1v) is 3.28. The van der Waals surface area contributed by atoms with Crippen LogP contribution in [0.25, 0.3) is 0 Å². The molecule has 0 aliphatic heterocycles. The van der Waals surface area contributed by atoms with E-state index in [9.17, 15) is 0 Å². The number of hydrogen-bond donors (Lipinski definition) is 0. The van der Waals surface area contributed by atoms with Crippen LogP contribution in [0.3, 0.4) is 0 Å². The molecule has 0 bridgehead atoms. The van der Waals surface area contributed by atoms with Crippen molar-refractivity contribution in [1.29, 1.82) is 0 Å². The van der Waals surface area contributed by atoms with Gasteiger partial charge in [0.05, 0.1) is 11.8 Å². The Kier molecular flexibility index (Phi) is 2.40. The van der Waals surface area contributed by atoms with Gasteiger partial charge < -0.3 is 4.74 Å². The Morgan fingerprint density at radius 3 is 2.80 bits per heavy atom. The minimum atomic E-state index is 0.0983. The van der Waals surface area contributed by atoms with Gasteiger partial charge in [-0.25, -0.2) is 0 Å². The van der Waals surface area contributed by atoms with E-state index in [4.69, 9.17) is 4.74 Å². The van der Waals surface area contributed by atoms with E-state index < -0.39 is 0 Å². The molecule has 0 saturated carbocycles. The summed E-state index contributed by atoms with van der Waals surface area (Å²) in [4.78, 5) is 4.12. The van der Waals surface area contributed by atoms with Gasteiger partial charge >= 0.3 is 0 Å². The molecule has 0 N–H and O–H groups in total. The smallest absolute Gasteiger partial charge is 0.0962 e. The molecule has 0 radical (unpaired) electrons. The highest BCUT2D eigenvalue weighted by molar-refractivity contribution is 5.05. The molecule has 1 aromatic heterocycles. The van der Waals surface area contributed by atoms with Crippen LogP contribution in [0.2, 0.25) is 0 Å². The largest absolute Gasteiger partial charge is 0.375 e. The summed E-state index contributed by atoms with van der Waals surface area (Å²) < 4.78 is 5.07. The number of ether oxygens (including phenoxy) is 1. The van der Waals surface area contributed by atoms with Crippen LogP contribution in [-0.4, -0.2) is 12.1 Å². The van der Waals surface area contributed by atoms with Crippen LogP contribution in [0.5, 0.6) is 0 Å². The molecule has 1 heterocycles. The fourth-order valence-corrected chi connectivity index (χ4v) is 0.737. The molecular weight excluding hydrogens is 126 g/mol. The summed E-state index contributed by atoms with van der Waals surface area (Å²) in [6.07, 6.45) is 1.87. The van der Waals surface area contributed by atoms with E-state index in [-0.39, 0.29) is 6.10 Å². The molecule has 2 nitrogen and oxygen atoms in total. The Morgan fingerprint density at radius 1 is 1.50 bits per heavy atom. The molecular formula is C8H11NO. The maximum atomic E-state index is 5.07. The lowest BCUT2D eigenvalue weighted by atomic mass is 10.2. The van der Waals surface area contributed by atoms with Gasteiger partial charge in [0.1, 0.15) is 0 Å². The van der Waals surface area contributed by atoms with Gasteiger partial charge in [0, 0.05) is 13.3 Å². The zero-order chi connectivity index (χ0) is 7.40. The van der Waals surface area contributed by atoms with Crippen molar-refractivity contribution in [2.45, 2.75) is 13.0 Å². The molecule has 0 aliphatic rings. The highest BCUT2D eigenvalue weighted by Gasteiger charge is 2.01. The average molecular weight is 137 g/mol. The molecule has 0 unspecified atom stereocenters. The first kappa shape index (κ1) is 7.22. The van der Waals surface area contributed by atoms with Crippen LogP contribution < -0.4 is 0 Å². The summed E-state index contributed by atoms with van der Waals surface area (Å²) in [7, 11) is 1.68. The van der Waals surface area contributed by atoms with E-state index in [0.29, 0.717) is 0 Å². The van der Waals surface area contributed by atoms with Gasteiger partial charge in [0.25, 0.3) is 0 Å². The van der Waals surface area contributed by atoms with Crippen molar-refractivity contribution in [1.82, 2.24) is 4.98 Å². The second-order valence-corrected chi connectivity index (χ2v) is 2.13. The summed E-state index contributed by atoms with van der Waals surface area (Å²) in [5.41, 5.74) is 0.977. The number of aromatic nitrogens is 1. The lowest BCUT2D eigenvalue weighted by Crippen LogP contribution is -1.97. The van der Waals surface area contributed by atoms with Crippen LogP contribution >= 0.6 is 0 Å². The fourth-order valence-electron chi connectivity index (χ4n) is 0.737. The summed E-state index contributed by atoms with van der Waals surface area (Å²) in [6.45, 7) is 1.97. The fraction of sp³-hybridized carbons (Fsp3) is 0.375. The highest BCUT2D eigenvalue weighted by Crippen LogP contribution is 2.10. The molecule has 2 heteroatoms. The summed E-state index contributed by atoms with van der Waals surface area (Å²) in [6, 6.07) is 5.80. The van der Waals surface area contributed by atoms with E-state index in [1.54, 1.807) is 13.3 Å². The lowest BCUT2D eigenvalue weighted by molar-refractivity contribution is 0.116. The summed E-state index contributed by atoms with van der Waals surface area (Å²) >= 11 is 0. The second-order valence-electron chi connectivity index (χ2n) is 2.13. The summed E-state index contributed by atoms with van der Waals surface area (Å²) in [5, 5.41) is 0. The molecule has 0 spiro atoms. The molecule has 0 aliphatic carbocycles. The molecule has 1 atom stereocenters. The van der Waals surface area contributed by atoms with Gasteiger partial charge in [-0.3, -0.25) is 4.98 Å².